The molecule has 3 aromatic carbocycles. The molecule has 0 aromatic heterocycles. The van der Waals surface area contributed by atoms with Crippen LogP contribution in [0.1, 0.15) is 21.5 Å². The summed E-state index contributed by atoms with van der Waals surface area (Å²) in [7, 11) is 1.56. The molecule has 0 saturated carbocycles. The average Bonchev–Trinajstić information content (AvgIpc) is 3.17. The molecular weight excluding hydrogens is 378 g/mol. The molecule has 4 rings (SSSR count). The fourth-order valence-electron chi connectivity index (χ4n) is 3.61. The van der Waals surface area contributed by atoms with Crippen LogP contribution >= 0.6 is 0 Å². The van der Waals surface area contributed by atoms with Crippen molar-refractivity contribution in [2.45, 2.75) is 13.3 Å². The number of hydrogen-bond donors (Lipinski definition) is 2. The quantitative estimate of drug-likeness (QED) is 0.656. The number of ether oxygens (including phenoxy) is 1. The van der Waals surface area contributed by atoms with Gasteiger partial charge < -0.3 is 20.3 Å². The average molecular weight is 401 g/mol. The predicted molar refractivity (Wildman–Crippen MR) is 119 cm³/mol. The first-order valence-electron chi connectivity index (χ1n) is 9.77. The molecule has 2 N–H and O–H groups in total. The maximum absolute atomic E-state index is 12.9. The SMILES string of the molecule is COc1ccc(C)cc1NC(=O)Nc1ccc2c(c1)N(C(=O)c1ccccc1)CC2. The number of nitrogens with zero attached hydrogens (tertiary/aromatic N) is 1. The normalized spacial score (nSPS) is 12.3. The van der Waals surface area contributed by atoms with Crippen LogP contribution in [0.15, 0.2) is 66.7 Å². The van der Waals surface area contributed by atoms with E-state index in [9.17, 15) is 9.59 Å². The lowest BCUT2D eigenvalue weighted by molar-refractivity contribution is 0.0989. The zero-order valence-corrected chi connectivity index (χ0v) is 16.9. The van der Waals surface area contributed by atoms with Crippen LogP contribution in [0.5, 0.6) is 5.75 Å². The minimum atomic E-state index is -0.377. The molecule has 0 bridgehead atoms. The first-order valence-corrected chi connectivity index (χ1v) is 9.77. The van der Waals surface area contributed by atoms with Gasteiger partial charge in [0.05, 0.1) is 12.8 Å². The zero-order valence-electron chi connectivity index (χ0n) is 16.9. The van der Waals surface area contributed by atoms with Crippen LogP contribution in [0.2, 0.25) is 0 Å². The van der Waals surface area contributed by atoms with Crippen LogP contribution in [-0.2, 0) is 6.42 Å². The van der Waals surface area contributed by atoms with Crippen molar-refractivity contribution < 1.29 is 14.3 Å². The van der Waals surface area contributed by atoms with Crippen LogP contribution < -0.4 is 20.3 Å². The number of hydrogen-bond acceptors (Lipinski definition) is 3. The summed E-state index contributed by atoms with van der Waals surface area (Å²) in [5, 5.41) is 5.67. The molecule has 3 amide bonds. The van der Waals surface area contributed by atoms with Gasteiger partial charge in [-0.05, 0) is 60.9 Å². The predicted octanol–water partition coefficient (Wildman–Crippen LogP) is 4.85. The monoisotopic (exact) mass is 401 g/mol. The number of methoxy groups -OCH3 is 1. The van der Waals surface area contributed by atoms with Gasteiger partial charge in [-0.25, -0.2) is 4.79 Å². The summed E-state index contributed by atoms with van der Waals surface area (Å²) in [6, 6.07) is 20.1. The first kappa shape index (κ1) is 19.5. The van der Waals surface area contributed by atoms with Crippen molar-refractivity contribution in [3.63, 3.8) is 0 Å². The number of rotatable bonds is 4. The maximum atomic E-state index is 12.9. The Morgan fingerprint density at radius 3 is 2.53 bits per heavy atom. The van der Waals surface area contributed by atoms with E-state index >= 15 is 0 Å². The Morgan fingerprint density at radius 2 is 1.77 bits per heavy atom. The molecule has 0 unspecified atom stereocenters. The molecule has 30 heavy (non-hydrogen) atoms. The third kappa shape index (κ3) is 3.98. The fraction of sp³-hybridized carbons (Fsp3) is 0.167. The van der Waals surface area contributed by atoms with Crippen LogP contribution in [0.25, 0.3) is 0 Å². The standard InChI is InChI=1S/C24H23N3O3/c1-16-8-11-22(30-2)20(14-16)26-24(29)25-19-10-9-17-12-13-27(21(17)15-19)23(28)18-6-4-3-5-7-18/h3-11,14-15H,12-13H2,1-2H3,(H2,25,26,29). The minimum Gasteiger partial charge on any atom is -0.495 e. The molecule has 0 radical (unpaired) electrons. The Balaban J connectivity index is 1.51. The Hall–Kier alpha value is -3.80. The number of urea groups is 1. The number of nitrogens with one attached hydrogen (secondary N) is 2. The van der Waals surface area contributed by atoms with E-state index in [0.29, 0.717) is 29.2 Å². The van der Waals surface area contributed by atoms with Gasteiger partial charge in [-0.1, -0.05) is 30.3 Å². The highest BCUT2D eigenvalue weighted by atomic mass is 16.5. The molecule has 6 heteroatoms. The van der Waals surface area contributed by atoms with E-state index in [0.717, 1.165) is 23.2 Å². The first-order chi connectivity index (χ1) is 14.5. The Bertz CT molecular complexity index is 1100. The number of fused-ring (bicyclic) bond motifs is 1. The van der Waals surface area contributed by atoms with E-state index in [1.165, 1.54) is 0 Å². The van der Waals surface area contributed by atoms with Crippen molar-refractivity contribution in [3.8, 4) is 5.75 Å². The van der Waals surface area contributed by atoms with Crippen molar-refractivity contribution in [2.75, 3.05) is 29.2 Å². The van der Waals surface area contributed by atoms with E-state index < -0.39 is 0 Å². The number of anilines is 3. The van der Waals surface area contributed by atoms with Crippen molar-refractivity contribution >= 4 is 29.0 Å². The van der Waals surface area contributed by atoms with Gasteiger partial charge in [-0.2, -0.15) is 0 Å². The van der Waals surface area contributed by atoms with Crippen LogP contribution in [0, 0.1) is 6.92 Å². The second-order valence-electron chi connectivity index (χ2n) is 7.20. The van der Waals surface area contributed by atoms with Gasteiger partial charge in [0.15, 0.2) is 0 Å². The lowest BCUT2D eigenvalue weighted by atomic mass is 10.1. The van der Waals surface area contributed by atoms with Gasteiger partial charge in [0.25, 0.3) is 5.91 Å². The molecule has 3 aromatic rings. The highest BCUT2D eigenvalue weighted by Crippen LogP contribution is 2.32. The fourth-order valence-corrected chi connectivity index (χ4v) is 3.61. The van der Waals surface area contributed by atoms with Crippen LogP contribution in [-0.4, -0.2) is 25.6 Å². The zero-order chi connectivity index (χ0) is 21.1. The summed E-state index contributed by atoms with van der Waals surface area (Å²) in [6.45, 7) is 2.57. The van der Waals surface area contributed by atoms with Crippen LogP contribution in [0.3, 0.4) is 0 Å². The second kappa shape index (κ2) is 8.29. The summed E-state index contributed by atoms with van der Waals surface area (Å²) >= 11 is 0. The highest BCUT2D eigenvalue weighted by molar-refractivity contribution is 6.08. The second-order valence-corrected chi connectivity index (χ2v) is 7.20. The molecule has 1 heterocycles. The number of amides is 3. The molecule has 0 saturated heterocycles. The van der Waals surface area contributed by atoms with E-state index in [1.807, 2.05) is 73.7 Å². The summed E-state index contributed by atoms with van der Waals surface area (Å²) in [6.07, 6.45) is 0.793. The van der Waals surface area contributed by atoms with Gasteiger partial charge in [0.2, 0.25) is 0 Å². The number of benzene rings is 3. The van der Waals surface area contributed by atoms with Gasteiger partial charge in [-0.3, -0.25) is 4.79 Å². The lowest BCUT2D eigenvalue weighted by Crippen LogP contribution is -2.29. The van der Waals surface area contributed by atoms with Gasteiger partial charge in [0.1, 0.15) is 5.75 Å². The van der Waals surface area contributed by atoms with Gasteiger partial charge in [0, 0.05) is 23.5 Å². The lowest BCUT2D eigenvalue weighted by Gasteiger charge is -2.18. The maximum Gasteiger partial charge on any atom is 0.323 e. The molecule has 0 spiro atoms. The molecular formula is C24H23N3O3. The summed E-state index contributed by atoms with van der Waals surface area (Å²) in [5.41, 5.74) is 4.79. The summed E-state index contributed by atoms with van der Waals surface area (Å²) in [4.78, 5) is 27.2. The van der Waals surface area contributed by atoms with E-state index in [4.69, 9.17) is 4.74 Å². The third-order valence-electron chi connectivity index (χ3n) is 5.11. The van der Waals surface area contributed by atoms with Crippen molar-refractivity contribution in [1.82, 2.24) is 0 Å². The smallest absolute Gasteiger partial charge is 0.323 e. The van der Waals surface area contributed by atoms with Crippen molar-refractivity contribution in [3.05, 3.63) is 83.4 Å². The minimum absolute atomic E-state index is 0.0413. The number of carbonyl (C=O) groups excluding carboxylic acids is 2. The third-order valence-corrected chi connectivity index (χ3v) is 5.11. The molecule has 0 atom stereocenters. The van der Waals surface area contributed by atoms with E-state index in [2.05, 4.69) is 10.6 Å². The van der Waals surface area contributed by atoms with E-state index in [1.54, 1.807) is 12.0 Å². The largest absolute Gasteiger partial charge is 0.495 e. The van der Waals surface area contributed by atoms with Gasteiger partial charge >= 0.3 is 6.03 Å². The Labute approximate surface area is 175 Å². The van der Waals surface area contributed by atoms with Crippen LogP contribution in [0.4, 0.5) is 21.9 Å². The van der Waals surface area contributed by atoms with Crippen molar-refractivity contribution in [1.29, 1.82) is 0 Å². The molecule has 1 aliphatic rings. The molecule has 1 aliphatic heterocycles. The molecule has 6 nitrogen and oxygen atoms in total. The summed E-state index contributed by atoms with van der Waals surface area (Å²) < 4.78 is 5.31. The van der Waals surface area contributed by atoms with Crippen molar-refractivity contribution in [2.24, 2.45) is 0 Å². The molecule has 152 valence electrons. The van der Waals surface area contributed by atoms with E-state index in [-0.39, 0.29) is 11.9 Å². The number of carbonyl (C=O) groups is 2. The topological polar surface area (TPSA) is 70.7 Å². The Morgan fingerprint density at radius 1 is 0.967 bits per heavy atom. The Kier molecular flexibility index (Phi) is 5.39. The molecule has 0 fully saturated rings. The number of aryl methyl sites for hydroxylation is 1. The van der Waals surface area contributed by atoms with Gasteiger partial charge in [-0.15, -0.1) is 0 Å². The summed E-state index contributed by atoms with van der Waals surface area (Å²) in [5.74, 6) is 0.546. The highest BCUT2D eigenvalue weighted by Gasteiger charge is 2.26. The molecule has 0 aliphatic carbocycles.